The molecule has 2 heterocycles. The Labute approximate surface area is 336 Å². The molecule has 9 aromatic carbocycles. The Hall–Kier alpha value is -7.36. The number of fused-ring (bicyclic) bond motifs is 9. The number of hydrogen-bond acceptors (Lipinski definition) is 2. The SMILES string of the molecule is CC1(C)c2ccccc2-c2c(-c3cccc4c3c3cc5ccccc5cc3n4-c3nc4ccc(-c5ccccc5)cc4nc3-c3ccc4ccccc4c3)cccc21. The van der Waals surface area contributed by atoms with Gasteiger partial charge in [-0.3, -0.25) is 4.57 Å². The maximum atomic E-state index is 5.60. The van der Waals surface area contributed by atoms with Crippen LogP contribution in [-0.4, -0.2) is 14.5 Å². The lowest BCUT2D eigenvalue weighted by Gasteiger charge is -2.21. The Morgan fingerprint density at radius 2 is 1.07 bits per heavy atom. The van der Waals surface area contributed by atoms with Gasteiger partial charge in [-0.2, -0.15) is 0 Å². The Bertz CT molecular complexity index is 3480. The molecule has 0 unspecified atom stereocenters. The van der Waals surface area contributed by atoms with E-state index in [0.717, 1.165) is 50.3 Å². The van der Waals surface area contributed by atoms with Gasteiger partial charge in [-0.15, -0.1) is 0 Å². The molecule has 0 spiro atoms. The second kappa shape index (κ2) is 12.3. The van der Waals surface area contributed by atoms with Crippen LogP contribution in [0, 0.1) is 0 Å². The number of aromatic nitrogens is 3. The first-order valence-electron chi connectivity index (χ1n) is 20.1. The van der Waals surface area contributed by atoms with Crippen LogP contribution in [-0.2, 0) is 5.41 Å². The molecule has 1 aliphatic carbocycles. The molecule has 3 heteroatoms. The van der Waals surface area contributed by atoms with Crippen molar-refractivity contribution in [3.63, 3.8) is 0 Å². The molecule has 11 aromatic rings. The summed E-state index contributed by atoms with van der Waals surface area (Å²) in [5, 5.41) is 7.17. The molecular formula is C55H37N3. The molecule has 2 aromatic heterocycles. The van der Waals surface area contributed by atoms with Gasteiger partial charge < -0.3 is 0 Å². The third-order valence-corrected chi connectivity index (χ3v) is 12.5. The molecular weight excluding hydrogens is 703 g/mol. The highest BCUT2D eigenvalue weighted by molar-refractivity contribution is 6.20. The highest BCUT2D eigenvalue weighted by Gasteiger charge is 2.37. The molecule has 0 atom stereocenters. The predicted molar refractivity (Wildman–Crippen MR) is 243 cm³/mol. The van der Waals surface area contributed by atoms with Gasteiger partial charge in [0.15, 0.2) is 5.82 Å². The molecule has 272 valence electrons. The topological polar surface area (TPSA) is 30.7 Å². The second-order valence-corrected chi connectivity index (χ2v) is 16.2. The van der Waals surface area contributed by atoms with Crippen molar-refractivity contribution in [2.24, 2.45) is 0 Å². The van der Waals surface area contributed by atoms with E-state index in [0.29, 0.717) is 0 Å². The van der Waals surface area contributed by atoms with Gasteiger partial charge in [-0.05, 0) is 102 Å². The van der Waals surface area contributed by atoms with Crippen LogP contribution in [0.2, 0.25) is 0 Å². The van der Waals surface area contributed by atoms with Gasteiger partial charge in [0.1, 0.15) is 5.69 Å². The summed E-state index contributed by atoms with van der Waals surface area (Å²) in [6, 6.07) is 68.2. The highest BCUT2D eigenvalue weighted by Crippen LogP contribution is 2.53. The molecule has 0 aliphatic heterocycles. The van der Waals surface area contributed by atoms with Crippen molar-refractivity contribution in [3.05, 3.63) is 199 Å². The maximum Gasteiger partial charge on any atom is 0.165 e. The fraction of sp³-hybridized carbons (Fsp3) is 0.0545. The smallest absolute Gasteiger partial charge is 0.165 e. The predicted octanol–water partition coefficient (Wildman–Crippen LogP) is 14.3. The second-order valence-electron chi connectivity index (χ2n) is 16.2. The van der Waals surface area contributed by atoms with E-state index in [1.807, 2.05) is 0 Å². The summed E-state index contributed by atoms with van der Waals surface area (Å²) in [4.78, 5) is 11.2. The van der Waals surface area contributed by atoms with Crippen molar-refractivity contribution >= 4 is 54.4 Å². The Kier molecular flexibility index (Phi) is 6.98. The molecule has 3 nitrogen and oxygen atoms in total. The molecule has 0 saturated carbocycles. The largest absolute Gasteiger partial charge is 0.292 e. The molecule has 0 fully saturated rings. The van der Waals surface area contributed by atoms with E-state index < -0.39 is 0 Å². The van der Waals surface area contributed by atoms with Crippen LogP contribution < -0.4 is 0 Å². The number of rotatable bonds is 4. The van der Waals surface area contributed by atoms with Crippen molar-refractivity contribution in [1.82, 2.24) is 14.5 Å². The van der Waals surface area contributed by atoms with Gasteiger partial charge in [-0.25, -0.2) is 9.97 Å². The summed E-state index contributed by atoms with van der Waals surface area (Å²) in [6.45, 7) is 4.71. The van der Waals surface area contributed by atoms with Crippen LogP contribution in [0.1, 0.15) is 25.0 Å². The quantitative estimate of drug-likeness (QED) is 0.180. The average molecular weight is 740 g/mol. The van der Waals surface area contributed by atoms with E-state index in [1.54, 1.807) is 0 Å². The fourth-order valence-electron chi connectivity index (χ4n) is 9.73. The number of hydrogen-bond donors (Lipinski definition) is 0. The van der Waals surface area contributed by atoms with Crippen molar-refractivity contribution in [2.75, 3.05) is 0 Å². The molecule has 58 heavy (non-hydrogen) atoms. The lowest BCUT2D eigenvalue weighted by Crippen LogP contribution is -2.14. The minimum absolute atomic E-state index is 0.101. The van der Waals surface area contributed by atoms with E-state index in [-0.39, 0.29) is 5.41 Å². The van der Waals surface area contributed by atoms with E-state index in [1.165, 1.54) is 65.7 Å². The van der Waals surface area contributed by atoms with Crippen LogP contribution in [0.5, 0.6) is 0 Å². The van der Waals surface area contributed by atoms with E-state index >= 15 is 0 Å². The first-order chi connectivity index (χ1) is 28.5. The van der Waals surface area contributed by atoms with Gasteiger partial charge in [0.2, 0.25) is 0 Å². The Balaban J connectivity index is 1.20. The maximum absolute atomic E-state index is 5.60. The Morgan fingerprint density at radius 1 is 0.414 bits per heavy atom. The summed E-state index contributed by atoms with van der Waals surface area (Å²) >= 11 is 0. The fourth-order valence-corrected chi connectivity index (χ4v) is 9.73. The number of benzene rings is 9. The van der Waals surface area contributed by atoms with E-state index in [2.05, 4.69) is 206 Å². The molecule has 0 radical (unpaired) electrons. The third kappa shape index (κ3) is 4.80. The summed E-state index contributed by atoms with van der Waals surface area (Å²) < 4.78 is 2.38. The molecule has 12 rings (SSSR count). The monoisotopic (exact) mass is 739 g/mol. The van der Waals surface area contributed by atoms with Crippen LogP contribution in [0.3, 0.4) is 0 Å². The van der Waals surface area contributed by atoms with Gasteiger partial charge in [0.05, 0.1) is 22.1 Å². The van der Waals surface area contributed by atoms with E-state index in [9.17, 15) is 0 Å². The van der Waals surface area contributed by atoms with Crippen molar-refractivity contribution in [1.29, 1.82) is 0 Å². The minimum Gasteiger partial charge on any atom is -0.292 e. The standard InChI is InChI=1S/C55H37N3/c1-55(2)45-23-11-10-20-43(45)51-41(21-12-24-46(51)55)42-22-13-25-49-52(42)44-31-37-18-8-9-19-38(37)33-50(44)58(49)54-53(40-27-26-35-16-6-7-17-36(35)30-40)56-48-32-39(28-29-47(48)57-54)34-14-4-3-5-15-34/h3-33H,1-2H3. The molecule has 0 amide bonds. The lowest BCUT2D eigenvalue weighted by molar-refractivity contribution is 0.660. The van der Waals surface area contributed by atoms with E-state index in [4.69, 9.17) is 9.97 Å². The summed E-state index contributed by atoms with van der Waals surface area (Å²) in [5.41, 5.74) is 15.8. The normalized spacial score (nSPS) is 13.1. The molecule has 0 saturated heterocycles. The van der Waals surface area contributed by atoms with Crippen LogP contribution in [0.25, 0.3) is 105 Å². The van der Waals surface area contributed by atoms with Crippen molar-refractivity contribution < 1.29 is 0 Å². The van der Waals surface area contributed by atoms with Gasteiger partial charge in [0.25, 0.3) is 0 Å². The molecule has 0 N–H and O–H groups in total. The summed E-state index contributed by atoms with van der Waals surface area (Å²) in [7, 11) is 0. The van der Waals surface area contributed by atoms with Gasteiger partial charge in [0, 0.05) is 21.8 Å². The van der Waals surface area contributed by atoms with Crippen LogP contribution >= 0.6 is 0 Å². The number of nitrogens with zero attached hydrogens (tertiary/aromatic N) is 3. The zero-order valence-electron chi connectivity index (χ0n) is 32.2. The lowest BCUT2D eigenvalue weighted by atomic mass is 9.82. The highest BCUT2D eigenvalue weighted by atomic mass is 15.1. The van der Waals surface area contributed by atoms with Crippen molar-refractivity contribution in [3.8, 4) is 50.5 Å². The molecule has 0 bridgehead atoms. The third-order valence-electron chi connectivity index (χ3n) is 12.5. The summed E-state index contributed by atoms with van der Waals surface area (Å²) in [6.07, 6.45) is 0. The molecule has 1 aliphatic rings. The summed E-state index contributed by atoms with van der Waals surface area (Å²) in [5.74, 6) is 0.812. The average Bonchev–Trinajstić information content (AvgIpc) is 3.72. The zero-order chi connectivity index (χ0) is 38.5. The minimum atomic E-state index is -0.101. The zero-order valence-corrected chi connectivity index (χ0v) is 32.2. The Morgan fingerprint density at radius 3 is 1.91 bits per heavy atom. The van der Waals surface area contributed by atoms with Gasteiger partial charge >= 0.3 is 0 Å². The van der Waals surface area contributed by atoms with Crippen LogP contribution in [0.4, 0.5) is 0 Å². The van der Waals surface area contributed by atoms with Gasteiger partial charge in [-0.1, -0.05) is 166 Å². The first-order valence-corrected chi connectivity index (χ1v) is 20.1. The van der Waals surface area contributed by atoms with Crippen molar-refractivity contribution in [2.45, 2.75) is 19.3 Å². The first kappa shape index (κ1) is 32.8. The van der Waals surface area contributed by atoms with Crippen LogP contribution in [0.15, 0.2) is 188 Å².